The van der Waals surface area contributed by atoms with Crippen molar-refractivity contribution in [2.24, 2.45) is 11.7 Å². The third-order valence-corrected chi connectivity index (χ3v) is 2.43. The maximum atomic E-state index is 13.1. The van der Waals surface area contributed by atoms with Crippen LogP contribution in [0.4, 0.5) is 4.39 Å². The molecule has 15 heavy (non-hydrogen) atoms. The van der Waals surface area contributed by atoms with Gasteiger partial charge in [-0.1, -0.05) is 13.8 Å². The van der Waals surface area contributed by atoms with Gasteiger partial charge in [0, 0.05) is 17.7 Å². The standard InChI is InChI=1S/C12H18FNO/c1-7(2)4-11(14)9-5-8(3)10(13)6-12(9)15/h5-7,11,15H,4,14H2,1-3H3. The molecule has 3 N–H and O–H groups in total. The van der Waals surface area contributed by atoms with Crippen LogP contribution in [0.5, 0.6) is 5.75 Å². The van der Waals surface area contributed by atoms with E-state index in [2.05, 4.69) is 13.8 Å². The average molecular weight is 211 g/mol. The molecule has 0 spiro atoms. The molecule has 1 aromatic carbocycles. The smallest absolute Gasteiger partial charge is 0.129 e. The van der Waals surface area contributed by atoms with Crippen LogP contribution in [0.1, 0.15) is 37.4 Å². The molecule has 0 amide bonds. The lowest BCUT2D eigenvalue weighted by atomic mass is 9.96. The van der Waals surface area contributed by atoms with E-state index in [4.69, 9.17) is 5.73 Å². The Morgan fingerprint density at radius 2 is 2.00 bits per heavy atom. The zero-order valence-electron chi connectivity index (χ0n) is 9.42. The van der Waals surface area contributed by atoms with Crippen molar-refractivity contribution in [3.05, 3.63) is 29.1 Å². The van der Waals surface area contributed by atoms with Crippen LogP contribution in [0, 0.1) is 18.7 Å². The SMILES string of the molecule is Cc1cc(C(N)CC(C)C)c(O)cc1F. The highest BCUT2D eigenvalue weighted by molar-refractivity contribution is 5.38. The number of nitrogens with two attached hydrogens (primary N) is 1. The first-order valence-electron chi connectivity index (χ1n) is 5.16. The number of aryl methyl sites for hydroxylation is 1. The van der Waals surface area contributed by atoms with Crippen LogP contribution in [0.3, 0.4) is 0 Å². The summed E-state index contributed by atoms with van der Waals surface area (Å²) in [5.41, 5.74) is 7.08. The molecule has 0 saturated heterocycles. The van der Waals surface area contributed by atoms with Crippen molar-refractivity contribution in [1.82, 2.24) is 0 Å². The van der Waals surface area contributed by atoms with E-state index in [0.717, 1.165) is 12.5 Å². The van der Waals surface area contributed by atoms with E-state index in [9.17, 15) is 9.50 Å². The van der Waals surface area contributed by atoms with Crippen molar-refractivity contribution in [2.45, 2.75) is 33.2 Å². The lowest BCUT2D eigenvalue weighted by molar-refractivity contribution is 0.439. The Balaban J connectivity index is 2.98. The molecule has 3 heteroatoms. The molecule has 0 radical (unpaired) electrons. The molecule has 1 aromatic rings. The molecule has 0 aliphatic heterocycles. The lowest BCUT2D eigenvalue weighted by Crippen LogP contribution is -2.13. The van der Waals surface area contributed by atoms with Crippen molar-refractivity contribution < 1.29 is 9.50 Å². The lowest BCUT2D eigenvalue weighted by Gasteiger charge is -2.16. The van der Waals surface area contributed by atoms with Crippen molar-refractivity contribution in [2.75, 3.05) is 0 Å². The monoisotopic (exact) mass is 211 g/mol. The van der Waals surface area contributed by atoms with Crippen LogP contribution >= 0.6 is 0 Å². The summed E-state index contributed by atoms with van der Waals surface area (Å²) in [5, 5.41) is 9.58. The highest BCUT2D eigenvalue weighted by atomic mass is 19.1. The van der Waals surface area contributed by atoms with Gasteiger partial charge in [0.1, 0.15) is 11.6 Å². The molecule has 0 bridgehead atoms. The van der Waals surface area contributed by atoms with Crippen molar-refractivity contribution in [3.63, 3.8) is 0 Å². The third-order valence-electron chi connectivity index (χ3n) is 2.43. The van der Waals surface area contributed by atoms with E-state index in [1.165, 1.54) is 0 Å². The fraction of sp³-hybridized carbons (Fsp3) is 0.500. The Morgan fingerprint density at radius 3 is 2.53 bits per heavy atom. The van der Waals surface area contributed by atoms with Gasteiger partial charge in [-0.05, 0) is 30.9 Å². The Hall–Kier alpha value is -1.09. The van der Waals surface area contributed by atoms with E-state index >= 15 is 0 Å². The first-order valence-corrected chi connectivity index (χ1v) is 5.16. The largest absolute Gasteiger partial charge is 0.508 e. The van der Waals surface area contributed by atoms with Gasteiger partial charge in [0.05, 0.1) is 0 Å². The molecule has 1 atom stereocenters. The minimum atomic E-state index is -0.395. The number of aromatic hydroxyl groups is 1. The van der Waals surface area contributed by atoms with Crippen LogP contribution in [-0.2, 0) is 0 Å². The summed E-state index contributed by atoms with van der Waals surface area (Å²) in [7, 11) is 0. The summed E-state index contributed by atoms with van der Waals surface area (Å²) >= 11 is 0. The van der Waals surface area contributed by atoms with Gasteiger partial charge in [-0.25, -0.2) is 4.39 Å². The fourth-order valence-corrected chi connectivity index (χ4v) is 1.63. The van der Waals surface area contributed by atoms with Crippen LogP contribution in [0.2, 0.25) is 0 Å². The maximum absolute atomic E-state index is 13.1. The molecular weight excluding hydrogens is 193 g/mol. The van der Waals surface area contributed by atoms with Crippen molar-refractivity contribution >= 4 is 0 Å². The zero-order chi connectivity index (χ0) is 11.6. The summed E-state index contributed by atoms with van der Waals surface area (Å²) in [6.45, 7) is 5.79. The van der Waals surface area contributed by atoms with E-state index < -0.39 is 5.82 Å². The molecule has 1 unspecified atom stereocenters. The highest BCUT2D eigenvalue weighted by Crippen LogP contribution is 2.29. The van der Waals surface area contributed by atoms with Gasteiger partial charge in [-0.3, -0.25) is 0 Å². The zero-order valence-corrected chi connectivity index (χ0v) is 9.42. The number of phenols is 1. The molecule has 0 heterocycles. The van der Waals surface area contributed by atoms with Crippen LogP contribution in [0.25, 0.3) is 0 Å². The molecule has 84 valence electrons. The summed E-state index contributed by atoms with van der Waals surface area (Å²) in [6, 6.07) is 2.52. The normalized spacial score (nSPS) is 13.2. The second-order valence-electron chi connectivity index (χ2n) is 4.40. The second kappa shape index (κ2) is 4.62. The van der Waals surface area contributed by atoms with Crippen molar-refractivity contribution in [1.29, 1.82) is 0 Å². The van der Waals surface area contributed by atoms with E-state index in [1.54, 1.807) is 13.0 Å². The number of halogens is 1. The van der Waals surface area contributed by atoms with Crippen molar-refractivity contribution in [3.8, 4) is 5.75 Å². The van der Waals surface area contributed by atoms with E-state index in [-0.39, 0.29) is 11.8 Å². The summed E-state index contributed by atoms with van der Waals surface area (Å²) in [4.78, 5) is 0. The topological polar surface area (TPSA) is 46.2 Å². The van der Waals surface area contributed by atoms with Gasteiger partial charge >= 0.3 is 0 Å². The summed E-state index contributed by atoms with van der Waals surface area (Å²) in [5.74, 6) is 0.00371. The first kappa shape index (κ1) is 12.0. The van der Waals surface area contributed by atoms with Gasteiger partial charge in [-0.2, -0.15) is 0 Å². The molecule has 1 rings (SSSR count). The van der Waals surface area contributed by atoms with Crippen LogP contribution in [0.15, 0.2) is 12.1 Å². The Kier molecular flexibility index (Phi) is 3.69. The molecular formula is C12H18FNO. The minimum Gasteiger partial charge on any atom is -0.508 e. The molecule has 0 saturated carbocycles. The first-order chi connectivity index (χ1) is 6.91. The maximum Gasteiger partial charge on any atom is 0.129 e. The quantitative estimate of drug-likeness (QED) is 0.807. The number of phenolic OH excluding ortho intramolecular Hbond substituents is 1. The summed E-state index contributed by atoms with van der Waals surface area (Å²) in [6.07, 6.45) is 0.776. The highest BCUT2D eigenvalue weighted by Gasteiger charge is 2.14. The number of hydrogen-bond donors (Lipinski definition) is 2. The van der Waals surface area contributed by atoms with E-state index in [1.807, 2.05) is 0 Å². The molecule has 0 fully saturated rings. The van der Waals surface area contributed by atoms with Gasteiger partial charge in [0.15, 0.2) is 0 Å². The Labute approximate surface area is 89.9 Å². The molecule has 0 aliphatic rings. The van der Waals surface area contributed by atoms with Gasteiger partial charge in [-0.15, -0.1) is 0 Å². The minimum absolute atomic E-state index is 0.0498. The summed E-state index contributed by atoms with van der Waals surface area (Å²) < 4.78 is 13.1. The number of hydrogen-bond acceptors (Lipinski definition) is 2. The molecule has 2 nitrogen and oxygen atoms in total. The Bertz CT molecular complexity index is 350. The van der Waals surface area contributed by atoms with Gasteiger partial charge in [0.2, 0.25) is 0 Å². The third kappa shape index (κ3) is 2.93. The molecule has 0 aliphatic carbocycles. The predicted octanol–water partition coefficient (Wildman–Crippen LogP) is 2.89. The van der Waals surface area contributed by atoms with Gasteiger partial charge in [0.25, 0.3) is 0 Å². The fourth-order valence-electron chi connectivity index (χ4n) is 1.63. The molecule has 0 aromatic heterocycles. The van der Waals surface area contributed by atoms with Crippen LogP contribution < -0.4 is 5.73 Å². The predicted molar refractivity (Wildman–Crippen MR) is 59.2 cm³/mol. The number of benzene rings is 1. The second-order valence-corrected chi connectivity index (χ2v) is 4.40. The number of rotatable bonds is 3. The average Bonchev–Trinajstić information content (AvgIpc) is 2.09. The van der Waals surface area contributed by atoms with Gasteiger partial charge < -0.3 is 10.8 Å². The van der Waals surface area contributed by atoms with Crippen LogP contribution in [-0.4, -0.2) is 5.11 Å². The Morgan fingerprint density at radius 1 is 1.40 bits per heavy atom. The van der Waals surface area contributed by atoms with E-state index in [0.29, 0.717) is 17.0 Å².